The number of para-hydroxylation sites is 1. The van der Waals surface area contributed by atoms with Crippen molar-refractivity contribution in [2.45, 2.75) is 52.4 Å². The van der Waals surface area contributed by atoms with Gasteiger partial charge in [0.25, 0.3) is 0 Å². The fraction of sp³-hybridized carbons (Fsp3) is 0.591. The number of fused-ring (bicyclic) bond motifs is 1. The van der Waals surface area contributed by atoms with Crippen molar-refractivity contribution in [2.75, 3.05) is 31.1 Å². The number of allylic oxidation sites excluding steroid dienone is 1. The molecule has 2 heterocycles. The van der Waals surface area contributed by atoms with Gasteiger partial charge in [0.1, 0.15) is 0 Å². The van der Waals surface area contributed by atoms with Gasteiger partial charge in [0.2, 0.25) is 5.91 Å². The Balaban J connectivity index is 1.53. The van der Waals surface area contributed by atoms with Crippen LogP contribution in [0.25, 0.3) is 0 Å². The molecule has 1 aromatic rings. The van der Waals surface area contributed by atoms with Gasteiger partial charge in [0.05, 0.1) is 0 Å². The van der Waals surface area contributed by atoms with Crippen molar-refractivity contribution in [3.8, 4) is 0 Å². The fourth-order valence-corrected chi connectivity index (χ4v) is 4.08. The summed E-state index contributed by atoms with van der Waals surface area (Å²) in [5, 5.41) is 0. The molecule has 3 heteroatoms. The normalized spacial score (nSPS) is 19.7. The number of likely N-dealkylation sites (tertiary alicyclic amines) is 1. The molecule has 0 N–H and O–H groups in total. The highest BCUT2D eigenvalue weighted by molar-refractivity contribution is 5.96. The topological polar surface area (TPSA) is 23.6 Å². The molecule has 0 saturated carbocycles. The number of amides is 1. The molecule has 2 aliphatic heterocycles. The maximum absolute atomic E-state index is 12.4. The molecule has 1 aromatic carbocycles. The molecule has 136 valence electrons. The molecule has 1 amide bonds. The van der Waals surface area contributed by atoms with Crippen LogP contribution in [0.4, 0.5) is 5.69 Å². The molecule has 3 nitrogen and oxygen atoms in total. The molecule has 1 fully saturated rings. The van der Waals surface area contributed by atoms with E-state index in [4.69, 9.17) is 0 Å². The van der Waals surface area contributed by atoms with E-state index in [1.54, 1.807) is 5.57 Å². The minimum absolute atomic E-state index is 0.286. The third kappa shape index (κ3) is 4.72. The molecular weight excluding hydrogens is 308 g/mol. The Hall–Kier alpha value is -1.61. The number of benzene rings is 1. The Morgan fingerprint density at radius 3 is 2.60 bits per heavy atom. The molecular formula is C22H32N2O. The Kier molecular flexibility index (Phi) is 6.30. The van der Waals surface area contributed by atoms with E-state index in [1.807, 2.05) is 11.0 Å². The number of rotatable bonds is 6. The van der Waals surface area contributed by atoms with Gasteiger partial charge in [0.15, 0.2) is 0 Å². The predicted molar refractivity (Wildman–Crippen MR) is 105 cm³/mol. The smallest absolute Gasteiger partial charge is 0.227 e. The van der Waals surface area contributed by atoms with E-state index < -0.39 is 0 Å². The zero-order chi connectivity index (χ0) is 17.6. The van der Waals surface area contributed by atoms with E-state index in [0.29, 0.717) is 12.3 Å². The standard InChI is InChI=1S/C22H32N2O/c1-3-4-7-19-12-14-23(15-13-19)16-18(2)17-24-21-9-6-5-8-20(21)10-11-22(24)25/h5-9,18H,3-4,10-17H2,1-2H3/t18-/m1/s1. The van der Waals surface area contributed by atoms with Crippen molar-refractivity contribution in [3.63, 3.8) is 0 Å². The molecule has 0 spiro atoms. The molecule has 0 aromatic heterocycles. The number of carbonyl (C=O) groups is 1. The van der Waals surface area contributed by atoms with Crippen LogP contribution in [-0.2, 0) is 11.2 Å². The number of piperidine rings is 1. The zero-order valence-electron chi connectivity index (χ0n) is 15.8. The van der Waals surface area contributed by atoms with Crippen LogP contribution in [0.3, 0.4) is 0 Å². The Labute approximate surface area is 152 Å². The van der Waals surface area contributed by atoms with Crippen LogP contribution in [0.5, 0.6) is 0 Å². The van der Waals surface area contributed by atoms with Crippen molar-refractivity contribution < 1.29 is 4.79 Å². The molecule has 1 saturated heterocycles. The summed E-state index contributed by atoms with van der Waals surface area (Å²) in [5.41, 5.74) is 4.10. The highest BCUT2D eigenvalue weighted by Gasteiger charge is 2.26. The molecule has 3 rings (SSSR count). The maximum Gasteiger partial charge on any atom is 0.227 e. The Morgan fingerprint density at radius 1 is 1.08 bits per heavy atom. The van der Waals surface area contributed by atoms with Gasteiger partial charge < -0.3 is 9.80 Å². The van der Waals surface area contributed by atoms with Crippen LogP contribution in [0, 0.1) is 5.92 Å². The molecule has 1 atom stereocenters. The average molecular weight is 341 g/mol. The second kappa shape index (κ2) is 8.66. The van der Waals surface area contributed by atoms with Gasteiger partial charge in [-0.1, -0.05) is 50.1 Å². The number of nitrogens with zero attached hydrogens (tertiary/aromatic N) is 2. The summed E-state index contributed by atoms with van der Waals surface area (Å²) in [5.74, 6) is 0.783. The third-order valence-corrected chi connectivity index (χ3v) is 5.48. The van der Waals surface area contributed by atoms with Gasteiger partial charge in [-0.25, -0.2) is 0 Å². The quantitative estimate of drug-likeness (QED) is 0.716. The maximum atomic E-state index is 12.4. The lowest BCUT2D eigenvalue weighted by Crippen LogP contribution is -2.42. The molecule has 25 heavy (non-hydrogen) atoms. The first-order valence-corrected chi connectivity index (χ1v) is 9.96. The first-order valence-electron chi connectivity index (χ1n) is 9.96. The van der Waals surface area contributed by atoms with Crippen molar-refractivity contribution in [3.05, 3.63) is 41.5 Å². The van der Waals surface area contributed by atoms with Gasteiger partial charge in [0, 0.05) is 38.3 Å². The van der Waals surface area contributed by atoms with E-state index >= 15 is 0 Å². The van der Waals surface area contributed by atoms with E-state index in [1.165, 1.54) is 44.3 Å². The van der Waals surface area contributed by atoms with Crippen LogP contribution in [0.2, 0.25) is 0 Å². The number of carbonyl (C=O) groups excluding carboxylic acids is 1. The number of aryl methyl sites for hydroxylation is 1. The largest absolute Gasteiger partial charge is 0.312 e. The van der Waals surface area contributed by atoms with E-state index in [2.05, 4.69) is 43.0 Å². The predicted octanol–water partition coefficient (Wildman–Crippen LogP) is 4.42. The first kappa shape index (κ1) is 18.2. The summed E-state index contributed by atoms with van der Waals surface area (Å²) in [6.07, 6.45) is 8.90. The van der Waals surface area contributed by atoms with Gasteiger partial charge in [-0.3, -0.25) is 4.79 Å². The van der Waals surface area contributed by atoms with Gasteiger partial charge in [-0.2, -0.15) is 0 Å². The Bertz CT molecular complexity index is 612. The number of hydrogen-bond acceptors (Lipinski definition) is 2. The lowest BCUT2D eigenvalue weighted by Gasteiger charge is -2.35. The minimum Gasteiger partial charge on any atom is -0.312 e. The van der Waals surface area contributed by atoms with E-state index in [-0.39, 0.29) is 5.91 Å². The minimum atomic E-state index is 0.286. The Morgan fingerprint density at radius 2 is 1.84 bits per heavy atom. The average Bonchev–Trinajstić information content (AvgIpc) is 2.63. The molecule has 0 radical (unpaired) electrons. The van der Waals surface area contributed by atoms with Crippen LogP contribution in [-0.4, -0.2) is 37.0 Å². The van der Waals surface area contributed by atoms with Crippen LogP contribution >= 0.6 is 0 Å². The molecule has 0 aliphatic carbocycles. The summed E-state index contributed by atoms with van der Waals surface area (Å²) in [4.78, 5) is 17.0. The van der Waals surface area contributed by atoms with Crippen molar-refractivity contribution in [1.82, 2.24) is 4.90 Å². The van der Waals surface area contributed by atoms with Gasteiger partial charge >= 0.3 is 0 Å². The number of anilines is 1. The lowest BCUT2D eigenvalue weighted by atomic mass is 9.98. The molecule has 0 unspecified atom stereocenters. The van der Waals surface area contributed by atoms with Crippen LogP contribution < -0.4 is 4.90 Å². The highest BCUT2D eigenvalue weighted by Crippen LogP contribution is 2.28. The second-order valence-corrected chi connectivity index (χ2v) is 7.69. The summed E-state index contributed by atoms with van der Waals surface area (Å²) < 4.78 is 0. The third-order valence-electron chi connectivity index (χ3n) is 5.48. The first-order chi connectivity index (χ1) is 12.2. The number of hydrogen-bond donors (Lipinski definition) is 0. The van der Waals surface area contributed by atoms with Gasteiger partial charge in [-0.15, -0.1) is 0 Å². The van der Waals surface area contributed by atoms with Crippen LogP contribution in [0.1, 0.15) is 51.5 Å². The SMILES string of the molecule is CCCC=C1CCN(C[C@@H](C)CN2C(=O)CCc3ccccc32)CC1. The van der Waals surface area contributed by atoms with E-state index in [9.17, 15) is 4.79 Å². The van der Waals surface area contributed by atoms with Crippen molar-refractivity contribution in [2.24, 2.45) is 5.92 Å². The monoisotopic (exact) mass is 340 g/mol. The summed E-state index contributed by atoms with van der Waals surface area (Å²) in [6.45, 7) is 8.80. The van der Waals surface area contributed by atoms with Crippen molar-refractivity contribution >= 4 is 11.6 Å². The fourth-order valence-electron chi connectivity index (χ4n) is 4.08. The summed E-state index contributed by atoms with van der Waals surface area (Å²) in [7, 11) is 0. The summed E-state index contributed by atoms with van der Waals surface area (Å²) >= 11 is 0. The van der Waals surface area contributed by atoms with E-state index in [0.717, 1.165) is 25.2 Å². The van der Waals surface area contributed by atoms with Crippen LogP contribution in [0.15, 0.2) is 35.9 Å². The lowest BCUT2D eigenvalue weighted by molar-refractivity contribution is -0.119. The highest BCUT2D eigenvalue weighted by atomic mass is 16.2. The molecule has 0 bridgehead atoms. The second-order valence-electron chi connectivity index (χ2n) is 7.69. The zero-order valence-corrected chi connectivity index (χ0v) is 15.8. The molecule has 2 aliphatic rings. The number of unbranched alkanes of at least 4 members (excludes halogenated alkanes) is 1. The van der Waals surface area contributed by atoms with Gasteiger partial charge in [-0.05, 0) is 43.2 Å². The summed E-state index contributed by atoms with van der Waals surface area (Å²) in [6, 6.07) is 8.39. The van der Waals surface area contributed by atoms with Crippen molar-refractivity contribution in [1.29, 1.82) is 0 Å².